The Morgan fingerprint density at radius 3 is 2.46 bits per heavy atom. The third kappa shape index (κ3) is 1.93. The van der Waals surface area contributed by atoms with Gasteiger partial charge >= 0.3 is 0 Å². The molecule has 0 amide bonds. The fourth-order valence-electron chi connectivity index (χ4n) is 3.33. The van der Waals surface area contributed by atoms with Crippen molar-refractivity contribution in [2.45, 2.75) is 0 Å². The maximum Gasteiger partial charge on any atom is 0.145 e. The smallest absolute Gasteiger partial charge is 0.145 e. The SMILES string of the molecule is Clc1ccc2c(c1)c(-c1ccccc1)nc1c3ccccc3cn21. The number of nitrogens with zero attached hydrogens (tertiary/aromatic N) is 2. The third-order valence-corrected chi connectivity index (χ3v) is 4.67. The van der Waals surface area contributed by atoms with Gasteiger partial charge in [0, 0.05) is 32.9 Å². The standard InChI is InChI=1S/C21H13ClN2/c22-16-10-11-19-18(12-16)20(14-6-2-1-3-7-14)23-21-17-9-5-4-8-15(17)13-24(19)21/h1-13H. The van der Waals surface area contributed by atoms with Crippen LogP contribution in [0.1, 0.15) is 0 Å². The van der Waals surface area contributed by atoms with E-state index in [4.69, 9.17) is 16.6 Å². The van der Waals surface area contributed by atoms with Crippen LogP contribution in [-0.4, -0.2) is 9.38 Å². The highest BCUT2D eigenvalue weighted by Gasteiger charge is 2.13. The molecule has 0 aliphatic heterocycles. The molecular weight excluding hydrogens is 316 g/mol. The van der Waals surface area contributed by atoms with E-state index < -0.39 is 0 Å². The summed E-state index contributed by atoms with van der Waals surface area (Å²) in [6.45, 7) is 0. The average Bonchev–Trinajstić information content (AvgIpc) is 3.00. The largest absolute Gasteiger partial charge is 0.300 e. The molecule has 24 heavy (non-hydrogen) atoms. The first-order valence-corrected chi connectivity index (χ1v) is 8.23. The minimum Gasteiger partial charge on any atom is -0.300 e. The summed E-state index contributed by atoms with van der Waals surface area (Å²) in [4.78, 5) is 5.01. The summed E-state index contributed by atoms with van der Waals surface area (Å²) in [6.07, 6.45) is 2.14. The molecule has 0 radical (unpaired) electrons. The molecule has 3 heteroatoms. The second kappa shape index (κ2) is 5.08. The zero-order valence-electron chi connectivity index (χ0n) is 12.8. The van der Waals surface area contributed by atoms with Crippen LogP contribution in [-0.2, 0) is 0 Å². The monoisotopic (exact) mass is 328 g/mol. The van der Waals surface area contributed by atoms with Gasteiger partial charge in [-0.1, -0.05) is 66.2 Å². The van der Waals surface area contributed by atoms with E-state index in [9.17, 15) is 0 Å². The molecule has 5 aromatic rings. The zero-order chi connectivity index (χ0) is 16.1. The molecule has 2 nitrogen and oxygen atoms in total. The van der Waals surface area contributed by atoms with Gasteiger partial charge in [0.2, 0.25) is 0 Å². The third-order valence-electron chi connectivity index (χ3n) is 4.44. The molecule has 0 saturated heterocycles. The van der Waals surface area contributed by atoms with Crippen molar-refractivity contribution in [3.8, 4) is 11.3 Å². The second-order valence-electron chi connectivity index (χ2n) is 5.90. The van der Waals surface area contributed by atoms with Crippen molar-refractivity contribution in [1.29, 1.82) is 0 Å². The normalized spacial score (nSPS) is 11.5. The summed E-state index contributed by atoms with van der Waals surface area (Å²) in [7, 11) is 0. The van der Waals surface area contributed by atoms with Gasteiger partial charge in [0.15, 0.2) is 0 Å². The van der Waals surface area contributed by atoms with Crippen LogP contribution in [0.5, 0.6) is 0 Å². The molecule has 114 valence electrons. The number of halogens is 1. The number of fused-ring (bicyclic) bond motifs is 5. The molecule has 5 rings (SSSR count). The maximum atomic E-state index is 6.27. The fourth-order valence-corrected chi connectivity index (χ4v) is 3.50. The van der Waals surface area contributed by atoms with Crippen LogP contribution in [0.3, 0.4) is 0 Å². The van der Waals surface area contributed by atoms with Crippen molar-refractivity contribution in [1.82, 2.24) is 9.38 Å². The van der Waals surface area contributed by atoms with Crippen molar-refractivity contribution in [2.24, 2.45) is 0 Å². The lowest BCUT2D eigenvalue weighted by molar-refractivity contribution is 1.21. The van der Waals surface area contributed by atoms with E-state index in [-0.39, 0.29) is 0 Å². The number of benzene rings is 3. The predicted molar refractivity (Wildman–Crippen MR) is 101 cm³/mol. The lowest BCUT2D eigenvalue weighted by Gasteiger charge is -2.10. The number of hydrogen-bond donors (Lipinski definition) is 0. The summed E-state index contributed by atoms with van der Waals surface area (Å²) in [5.74, 6) is 0. The van der Waals surface area contributed by atoms with Crippen LogP contribution < -0.4 is 0 Å². The van der Waals surface area contributed by atoms with Crippen LogP contribution in [0, 0.1) is 0 Å². The first kappa shape index (κ1) is 13.6. The van der Waals surface area contributed by atoms with Gasteiger partial charge in [0.05, 0.1) is 11.2 Å². The number of rotatable bonds is 1. The molecule has 0 atom stereocenters. The first-order chi connectivity index (χ1) is 11.8. The molecule has 0 saturated carbocycles. The average molecular weight is 329 g/mol. The summed E-state index contributed by atoms with van der Waals surface area (Å²) < 4.78 is 2.16. The van der Waals surface area contributed by atoms with Crippen molar-refractivity contribution in [2.75, 3.05) is 0 Å². The van der Waals surface area contributed by atoms with Gasteiger partial charge in [-0.2, -0.15) is 0 Å². The predicted octanol–water partition coefficient (Wildman–Crippen LogP) is 5.96. The fraction of sp³-hybridized carbons (Fsp3) is 0. The molecule has 3 aromatic carbocycles. The van der Waals surface area contributed by atoms with Crippen LogP contribution in [0.15, 0.2) is 79.0 Å². The van der Waals surface area contributed by atoms with Gasteiger partial charge in [-0.25, -0.2) is 4.98 Å². The Kier molecular flexibility index (Phi) is 2.88. The van der Waals surface area contributed by atoms with Crippen LogP contribution in [0.4, 0.5) is 0 Å². The molecule has 0 N–H and O–H groups in total. The van der Waals surface area contributed by atoms with E-state index in [1.54, 1.807) is 0 Å². The summed E-state index contributed by atoms with van der Waals surface area (Å²) in [6, 6.07) is 24.6. The molecule has 0 fully saturated rings. The quantitative estimate of drug-likeness (QED) is 0.371. The molecule has 2 aromatic heterocycles. The number of hydrogen-bond acceptors (Lipinski definition) is 1. The van der Waals surface area contributed by atoms with Crippen molar-refractivity contribution in [3.05, 3.63) is 84.0 Å². The zero-order valence-corrected chi connectivity index (χ0v) is 13.5. The molecule has 0 aliphatic carbocycles. The van der Waals surface area contributed by atoms with Crippen molar-refractivity contribution < 1.29 is 0 Å². The Morgan fingerprint density at radius 1 is 0.792 bits per heavy atom. The second-order valence-corrected chi connectivity index (χ2v) is 6.33. The van der Waals surface area contributed by atoms with E-state index in [1.165, 1.54) is 5.39 Å². The van der Waals surface area contributed by atoms with E-state index in [2.05, 4.69) is 53.1 Å². The highest BCUT2D eigenvalue weighted by molar-refractivity contribution is 6.31. The topological polar surface area (TPSA) is 17.3 Å². The first-order valence-electron chi connectivity index (χ1n) is 7.86. The van der Waals surface area contributed by atoms with E-state index in [0.717, 1.165) is 38.2 Å². The maximum absolute atomic E-state index is 6.27. The Labute approximate surface area is 143 Å². The highest BCUT2D eigenvalue weighted by Crippen LogP contribution is 2.33. The Balaban J connectivity index is 2.02. The van der Waals surface area contributed by atoms with Gasteiger partial charge in [-0.3, -0.25) is 0 Å². The van der Waals surface area contributed by atoms with Gasteiger partial charge in [0.1, 0.15) is 5.65 Å². The molecule has 0 bridgehead atoms. The van der Waals surface area contributed by atoms with E-state index >= 15 is 0 Å². The van der Waals surface area contributed by atoms with Gasteiger partial charge in [-0.05, 0) is 18.2 Å². The highest BCUT2D eigenvalue weighted by atomic mass is 35.5. The minimum atomic E-state index is 0.720. The van der Waals surface area contributed by atoms with Crippen molar-refractivity contribution in [3.63, 3.8) is 0 Å². The Morgan fingerprint density at radius 2 is 1.58 bits per heavy atom. The van der Waals surface area contributed by atoms with Gasteiger partial charge in [0.25, 0.3) is 0 Å². The summed E-state index contributed by atoms with van der Waals surface area (Å²) in [5.41, 5.74) is 4.14. The van der Waals surface area contributed by atoms with E-state index in [1.807, 2.05) is 30.3 Å². The van der Waals surface area contributed by atoms with Crippen LogP contribution >= 0.6 is 11.6 Å². The molecule has 0 unspecified atom stereocenters. The molecular formula is C21H13ClN2. The van der Waals surface area contributed by atoms with E-state index in [0.29, 0.717) is 0 Å². The minimum absolute atomic E-state index is 0.720. The number of aromatic nitrogens is 2. The lowest BCUT2D eigenvalue weighted by Crippen LogP contribution is -1.94. The molecule has 0 aliphatic rings. The Bertz CT molecular complexity index is 1210. The molecule has 2 heterocycles. The van der Waals surface area contributed by atoms with Gasteiger partial charge < -0.3 is 4.40 Å². The van der Waals surface area contributed by atoms with Crippen LogP contribution in [0.2, 0.25) is 5.02 Å². The van der Waals surface area contributed by atoms with Crippen LogP contribution in [0.25, 0.3) is 38.6 Å². The van der Waals surface area contributed by atoms with Gasteiger partial charge in [-0.15, -0.1) is 0 Å². The molecule has 0 spiro atoms. The Hall–Kier alpha value is -2.84. The van der Waals surface area contributed by atoms with Crippen molar-refractivity contribution >= 4 is 38.9 Å². The summed E-state index contributed by atoms with van der Waals surface area (Å²) in [5, 5.41) is 4.12. The lowest BCUT2D eigenvalue weighted by atomic mass is 10.1. The summed E-state index contributed by atoms with van der Waals surface area (Å²) >= 11 is 6.27.